The van der Waals surface area contributed by atoms with Crippen LogP contribution in [0.3, 0.4) is 0 Å². The Morgan fingerprint density at radius 2 is 1.66 bits per heavy atom. The molecule has 1 aromatic carbocycles. The van der Waals surface area contributed by atoms with E-state index in [0.717, 1.165) is 0 Å². The largest absolute Gasteiger partial charge is 0.478 e. The van der Waals surface area contributed by atoms with Crippen molar-refractivity contribution in [2.24, 2.45) is 0 Å². The number of esters is 1. The van der Waals surface area contributed by atoms with E-state index in [1.54, 1.807) is 13.8 Å². The Morgan fingerprint density at radius 3 is 2.26 bits per heavy atom. The van der Waals surface area contributed by atoms with E-state index in [-0.39, 0.29) is 35.4 Å². The second-order valence-electron chi connectivity index (χ2n) is 8.42. The van der Waals surface area contributed by atoms with E-state index in [1.807, 2.05) is 0 Å². The first-order valence-electron chi connectivity index (χ1n) is 11.3. The van der Waals surface area contributed by atoms with Crippen LogP contribution in [0, 0.1) is 10.1 Å². The average Bonchev–Trinajstić information content (AvgIpc) is 2.76. The number of nitro benzene ring substituents is 1. The molecule has 11 heteroatoms. The average molecular weight is 498 g/mol. The normalized spacial score (nSPS) is 16.2. The Hall–Kier alpha value is -3.37. The van der Waals surface area contributed by atoms with Gasteiger partial charge in [0.1, 0.15) is 0 Å². The van der Waals surface area contributed by atoms with Gasteiger partial charge in [0, 0.05) is 29.9 Å². The molecule has 35 heavy (non-hydrogen) atoms. The van der Waals surface area contributed by atoms with Crippen LogP contribution in [0.2, 0.25) is 0 Å². The molecule has 0 aliphatic carbocycles. The molecule has 1 atom stereocenters. The number of nitrogens with one attached hydrogen (secondary N) is 1. The van der Waals surface area contributed by atoms with Crippen molar-refractivity contribution in [3.8, 4) is 0 Å². The van der Waals surface area contributed by atoms with Gasteiger partial charge in [0.2, 0.25) is 0 Å². The molecule has 2 rings (SSSR count). The van der Waals surface area contributed by atoms with E-state index in [0.29, 0.717) is 43.5 Å². The molecule has 1 unspecified atom stereocenters. The van der Waals surface area contributed by atoms with Gasteiger partial charge in [-0.15, -0.1) is 0 Å². The topological polar surface area (TPSA) is 119 Å². The molecule has 2 N–H and O–H groups in total. The Labute approximate surface area is 201 Å². The number of carboxylic acid groups (broad SMARTS) is 1. The molecule has 0 radical (unpaired) electrons. The second kappa shape index (κ2) is 12.4. The van der Waals surface area contributed by atoms with E-state index in [1.165, 1.54) is 24.3 Å². The summed E-state index contributed by atoms with van der Waals surface area (Å²) in [4.78, 5) is 35.7. The summed E-state index contributed by atoms with van der Waals surface area (Å²) in [6.45, 7) is 3.21. The van der Waals surface area contributed by atoms with Crippen LogP contribution < -0.4 is 5.32 Å². The van der Waals surface area contributed by atoms with Crippen LogP contribution in [-0.2, 0) is 14.3 Å². The molecule has 1 aliphatic heterocycles. The summed E-state index contributed by atoms with van der Waals surface area (Å²) >= 11 is 0. The lowest BCUT2D eigenvalue weighted by atomic mass is 9.80. The molecule has 0 bridgehead atoms. The maximum Gasteiger partial charge on any atom is 0.389 e. The Balaban J connectivity index is 2.05. The highest BCUT2D eigenvalue weighted by atomic mass is 19.4. The van der Waals surface area contributed by atoms with Gasteiger partial charge in [-0.1, -0.05) is 37.8 Å². The predicted octanol–water partition coefficient (Wildman–Crippen LogP) is 5.75. The number of unbranched alkanes of at least 4 members (excludes halogenated alkanes) is 5. The number of carboxylic acids is 1. The lowest BCUT2D eigenvalue weighted by molar-refractivity contribution is -0.384. The standard InChI is InChI=1S/C24H29F3N2O6/c1-15-19(22(30)31)21(17-10-9-11-18(14-17)29(33)34)20(16(2)28-15)23(32)35-13-8-6-4-3-5-7-12-24(25,26)27/h9-11,14,21,28H,3-8,12-13H2,1-2H3,(H,30,31). The SMILES string of the molecule is CC1=C(C(=O)O)C(c2cccc([N+](=O)[O-])c2)C(C(=O)OCCCCCCCCC(F)(F)F)=C(C)N1. The number of benzene rings is 1. The number of hydrogen-bond acceptors (Lipinski definition) is 6. The van der Waals surface area contributed by atoms with Gasteiger partial charge in [0.05, 0.1) is 28.6 Å². The van der Waals surface area contributed by atoms with E-state index in [2.05, 4.69) is 5.32 Å². The molecule has 1 aliphatic rings. The number of nitro groups is 1. The number of rotatable bonds is 12. The molecule has 192 valence electrons. The summed E-state index contributed by atoms with van der Waals surface area (Å²) in [5.74, 6) is -3.06. The van der Waals surface area contributed by atoms with Crippen molar-refractivity contribution in [3.63, 3.8) is 0 Å². The zero-order valence-corrected chi connectivity index (χ0v) is 19.6. The van der Waals surface area contributed by atoms with Gasteiger partial charge in [-0.2, -0.15) is 13.2 Å². The van der Waals surface area contributed by atoms with Gasteiger partial charge >= 0.3 is 18.1 Å². The van der Waals surface area contributed by atoms with Crippen molar-refractivity contribution in [1.29, 1.82) is 0 Å². The lowest BCUT2D eigenvalue weighted by Gasteiger charge is -2.29. The molecular formula is C24H29F3N2O6. The third-order valence-corrected chi connectivity index (χ3v) is 5.71. The molecule has 8 nitrogen and oxygen atoms in total. The van der Waals surface area contributed by atoms with Crippen LogP contribution in [0.5, 0.6) is 0 Å². The minimum Gasteiger partial charge on any atom is -0.478 e. The number of allylic oxidation sites excluding steroid dienone is 2. The van der Waals surface area contributed by atoms with Crippen molar-refractivity contribution in [1.82, 2.24) is 5.32 Å². The van der Waals surface area contributed by atoms with Crippen LogP contribution in [0.25, 0.3) is 0 Å². The van der Waals surface area contributed by atoms with Crippen LogP contribution in [-0.4, -0.2) is 34.8 Å². The highest BCUT2D eigenvalue weighted by Crippen LogP contribution is 2.39. The zero-order chi connectivity index (χ0) is 26.2. The van der Waals surface area contributed by atoms with E-state index in [4.69, 9.17) is 4.74 Å². The molecule has 0 saturated heterocycles. The number of carbonyl (C=O) groups excluding carboxylic acids is 1. The number of dihydropyridines is 1. The van der Waals surface area contributed by atoms with Crippen LogP contribution in [0.15, 0.2) is 46.8 Å². The third kappa shape index (κ3) is 8.11. The van der Waals surface area contributed by atoms with Crippen LogP contribution in [0.4, 0.5) is 18.9 Å². The van der Waals surface area contributed by atoms with Gasteiger partial charge in [-0.25, -0.2) is 9.59 Å². The van der Waals surface area contributed by atoms with Crippen LogP contribution in [0.1, 0.15) is 70.3 Å². The van der Waals surface area contributed by atoms with Crippen molar-refractivity contribution in [2.45, 2.75) is 70.9 Å². The molecule has 1 aromatic rings. The van der Waals surface area contributed by atoms with Gasteiger partial charge in [-0.3, -0.25) is 10.1 Å². The monoisotopic (exact) mass is 498 g/mol. The number of halogens is 3. The summed E-state index contributed by atoms with van der Waals surface area (Å²) in [5.41, 5.74) is 0.696. The fourth-order valence-corrected chi connectivity index (χ4v) is 4.08. The smallest absolute Gasteiger partial charge is 0.389 e. The fourth-order valence-electron chi connectivity index (χ4n) is 4.08. The fraction of sp³-hybridized carbons (Fsp3) is 0.500. The third-order valence-electron chi connectivity index (χ3n) is 5.71. The minimum absolute atomic E-state index is 0.0562. The maximum atomic E-state index is 13.0. The molecule has 1 heterocycles. The lowest BCUT2D eigenvalue weighted by Crippen LogP contribution is -2.32. The first-order valence-corrected chi connectivity index (χ1v) is 11.3. The minimum atomic E-state index is -4.13. The summed E-state index contributed by atoms with van der Waals surface area (Å²) in [6, 6.07) is 5.47. The number of nitrogens with zero attached hydrogens (tertiary/aromatic N) is 1. The van der Waals surface area contributed by atoms with Crippen LogP contribution >= 0.6 is 0 Å². The van der Waals surface area contributed by atoms with Crippen molar-refractivity contribution in [3.05, 3.63) is 62.5 Å². The molecule has 0 amide bonds. The number of non-ortho nitro benzene ring substituents is 1. The number of hydrogen-bond donors (Lipinski definition) is 2. The first kappa shape index (κ1) is 27.9. The number of aliphatic carboxylic acids is 1. The van der Waals surface area contributed by atoms with Crippen molar-refractivity contribution < 1.29 is 37.5 Å². The van der Waals surface area contributed by atoms with Gasteiger partial charge in [-0.05, 0) is 32.3 Å². The zero-order valence-electron chi connectivity index (χ0n) is 19.6. The molecule has 0 spiro atoms. The number of carbonyl (C=O) groups is 2. The van der Waals surface area contributed by atoms with E-state index >= 15 is 0 Å². The Kier molecular flexibility index (Phi) is 9.85. The van der Waals surface area contributed by atoms with Gasteiger partial charge in [0.25, 0.3) is 5.69 Å². The summed E-state index contributed by atoms with van der Waals surface area (Å²) in [6.07, 6.45) is -1.81. The Bertz CT molecular complexity index is 1020. The molecule has 0 saturated carbocycles. The van der Waals surface area contributed by atoms with Crippen molar-refractivity contribution >= 4 is 17.6 Å². The molecule has 0 aromatic heterocycles. The first-order chi connectivity index (χ1) is 16.4. The summed E-state index contributed by atoms with van der Waals surface area (Å²) in [7, 11) is 0. The van der Waals surface area contributed by atoms with Gasteiger partial charge in [0.15, 0.2) is 0 Å². The predicted molar refractivity (Wildman–Crippen MR) is 121 cm³/mol. The number of ether oxygens (including phenoxy) is 1. The number of alkyl halides is 3. The quantitative estimate of drug-likeness (QED) is 0.163. The van der Waals surface area contributed by atoms with Crippen molar-refractivity contribution in [2.75, 3.05) is 6.61 Å². The Morgan fingerprint density at radius 1 is 1.06 bits per heavy atom. The molecular weight excluding hydrogens is 469 g/mol. The maximum absolute atomic E-state index is 13.0. The summed E-state index contributed by atoms with van der Waals surface area (Å²) < 4.78 is 41.8. The van der Waals surface area contributed by atoms with E-state index < -0.39 is 35.4 Å². The highest BCUT2D eigenvalue weighted by molar-refractivity contribution is 5.99. The second-order valence-corrected chi connectivity index (χ2v) is 8.42. The highest BCUT2D eigenvalue weighted by Gasteiger charge is 2.37. The molecule has 0 fully saturated rings. The van der Waals surface area contributed by atoms with E-state index in [9.17, 15) is 38.0 Å². The summed E-state index contributed by atoms with van der Waals surface area (Å²) in [5, 5.41) is 23.9. The van der Waals surface area contributed by atoms with Gasteiger partial charge < -0.3 is 15.2 Å².